The number of carboxylic acids is 1. The fourth-order valence-corrected chi connectivity index (χ4v) is 5.50. The monoisotopic (exact) mass is 537 g/mol. The van der Waals surface area contributed by atoms with Crippen LogP contribution in [0.25, 0.3) is 10.9 Å². The molecule has 2 amide bonds. The molecule has 2 heterocycles. The topological polar surface area (TPSA) is 144 Å². The predicted molar refractivity (Wildman–Crippen MR) is 147 cm³/mol. The second kappa shape index (κ2) is 12.0. The molecular weight excluding hydrogens is 498 g/mol. The molecule has 0 spiro atoms. The minimum Gasteiger partial charge on any atom is -0.476 e. The number of fused-ring (bicyclic) bond motifs is 1. The Kier molecular flexibility index (Phi) is 8.74. The number of nitrogens with zero attached hydrogens (tertiary/aromatic N) is 3. The number of hydrogen-bond acceptors (Lipinski definition) is 6. The summed E-state index contributed by atoms with van der Waals surface area (Å²) in [5, 5.41) is 10.6. The molecule has 10 nitrogen and oxygen atoms in total. The highest BCUT2D eigenvalue weighted by Crippen LogP contribution is 2.32. The molecule has 2 aromatic heterocycles. The zero-order chi connectivity index (χ0) is 28.3. The third kappa shape index (κ3) is 6.33. The van der Waals surface area contributed by atoms with Crippen LogP contribution in [0.2, 0.25) is 0 Å². The van der Waals surface area contributed by atoms with Crippen LogP contribution in [-0.4, -0.2) is 54.7 Å². The first-order valence-electron chi connectivity index (χ1n) is 13.7. The number of H-pyrrole nitrogens is 1. The fraction of sp³-hybridized carbons (Fsp3) is 0.517. The van der Waals surface area contributed by atoms with Gasteiger partial charge in [0.15, 0.2) is 5.69 Å². The van der Waals surface area contributed by atoms with Gasteiger partial charge in [-0.1, -0.05) is 38.5 Å². The molecule has 4 rings (SSSR count). The SMILES string of the molecule is Cc1[nH]c([C@@H](Cc2cn(C)c3ccccc23)N(C(=O)OC2CCCCC2)C(=O)[C@@H](N)CC(C)C)nc1C(=O)O. The van der Waals surface area contributed by atoms with E-state index < -0.39 is 30.1 Å². The minimum absolute atomic E-state index is 0.126. The second-order valence-electron chi connectivity index (χ2n) is 11.0. The number of aryl methyl sites for hydroxylation is 2. The maximum absolute atomic E-state index is 13.9. The number of benzene rings is 1. The highest BCUT2D eigenvalue weighted by atomic mass is 16.6. The molecule has 0 bridgehead atoms. The van der Waals surface area contributed by atoms with Crippen LogP contribution in [0.3, 0.4) is 0 Å². The number of aromatic carboxylic acids is 1. The minimum atomic E-state index is -1.20. The normalized spacial score (nSPS) is 15.8. The summed E-state index contributed by atoms with van der Waals surface area (Å²) in [6.45, 7) is 5.52. The fourth-order valence-electron chi connectivity index (χ4n) is 5.50. The van der Waals surface area contributed by atoms with Crippen LogP contribution in [0.4, 0.5) is 4.79 Å². The average molecular weight is 538 g/mol. The molecule has 3 aromatic rings. The third-order valence-electron chi connectivity index (χ3n) is 7.42. The van der Waals surface area contributed by atoms with Crippen LogP contribution in [0.15, 0.2) is 30.5 Å². The molecule has 0 unspecified atom stereocenters. The van der Waals surface area contributed by atoms with Gasteiger partial charge in [0.1, 0.15) is 18.0 Å². The first kappa shape index (κ1) is 28.4. The Labute approximate surface area is 228 Å². The van der Waals surface area contributed by atoms with Crippen molar-refractivity contribution in [1.29, 1.82) is 0 Å². The van der Waals surface area contributed by atoms with Crippen LogP contribution in [0, 0.1) is 12.8 Å². The van der Waals surface area contributed by atoms with Gasteiger partial charge in [0.05, 0.1) is 6.04 Å². The highest BCUT2D eigenvalue weighted by Gasteiger charge is 2.39. The van der Waals surface area contributed by atoms with Crippen molar-refractivity contribution in [3.05, 3.63) is 53.2 Å². The zero-order valence-electron chi connectivity index (χ0n) is 23.1. The van der Waals surface area contributed by atoms with Crippen LogP contribution in [0.5, 0.6) is 0 Å². The van der Waals surface area contributed by atoms with Gasteiger partial charge in [-0.05, 0) is 56.6 Å². The Balaban J connectivity index is 1.81. The Hall–Kier alpha value is -3.66. The summed E-state index contributed by atoms with van der Waals surface area (Å²) in [4.78, 5) is 48.0. The molecule has 210 valence electrons. The predicted octanol–water partition coefficient (Wildman–Crippen LogP) is 4.86. The van der Waals surface area contributed by atoms with Gasteiger partial charge in [0.2, 0.25) is 5.91 Å². The van der Waals surface area contributed by atoms with Gasteiger partial charge in [-0.2, -0.15) is 0 Å². The molecule has 10 heteroatoms. The van der Waals surface area contributed by atoms with E-state index in [1.54, 1.807) is 6.92 Å². The smallest absolute Gasteiger partial charge is 0.417 e. The summed E-state index contributed by atoms with van der Waals surface area (Å²) in [6, 6.07) is 5.96. The van der Waals surface area contributed by atoms with E-state index in [1.807, 2.05) is 55.9 Å². The second-order valence-corrected chi connectivity index (χ2v) is 11.0. The van der Waals surface area contributed by atoms with Crippen LogP contribution < -0.4 is 5.73 Å². The maximum atomic E-state index is 13.9. The summed E-state index contributed by atoms with van der Waals surface area (Å²) in [7, 11) is 1.93. The molecule has 1 saturated carbocycles. The van der Waals surface area contributed by atoms with Gasteiger partial charge in [-0.15, -0.1) is 0 Å². The number of carbonyl (C=O) groups is 3. The van der Waals surface area contributed by atoms with Crippen molar-refractivity contribution in [1.82, 2.24) is 19.4 Å². The van der Waals surface area contributed by atoms with E-state index in [4.69, 9.17) is 10.5 Å². The Bertz CT molecular complexity index is 1340. The lowest BCUT2D eigenvalue weighted by molar-refractivity contribution is -0.134. The van der Waals surface area contributed by atoms with Crippen molar-refractivity contribution in [3.63, 3.8) is 0 Å². The number of amides is 2. The quantitative estimate of drug-likeness (QED) is 0.353. The van der Waals surface area contributed by atoms with Crippen molar-refractivity contribution >= 4 is 28.9 Å². The molecule has 0 aliphatic heterocycles. The number of nitrogens with one attached hydrogen (secondary N) is 1. The Morgan fingerprint density at radius 3 is 2.54 bits per heavy atom. The van der Waals surface area contributed by atoms with Gasteiger partial charge < -0.3 is 25.1 Å². The van der Waals surface area contributed by atoms with E-state index in [0.717, 1.165) is 53.5 Å². The van der Waals surface area contributed by atoms with E-state index in [0.29, 0.717) is 12.1 Å². The number of para-hydroxylation sites is 1. The van der Waals surface area contributed by atoms with Gasteiger partial charge in [-0.25, -0.2) is 19.5 Å². The number of imidazole rings is 1. The van der Waals surface area contributed by atoms with Gasteiger partial charge in [-0.3, -0.25) is 4.79 Å². The summed E-state index contributed by atoms with van der Waals surface area (Å²) in [5.74, 6) is -1.44. The van der Waals surface area contributed by atoms with Crippen LogP contribution in [0.1, 0.15) is 86.0 Å². The Morgan fingerprint density at radius 2 is 1.90 bits per heavy atom. The van der Waals surface area contributed by atoms with E-state index in [1.165, 1.54) is 0 Å². The number of rotatable bonds is 9. The first-order valence-corrected chi connectivity index (χ1v) is 13.7. The number of hydrogen-bond donors (Lipinski definition) is 3. The van der Waals surface area contributed by atoms with Crippen molar-refractivity contribution in [2.24, 2.45) is 18.7 Å². The van der Waals surface area contributed by atoms with Crippen molar-refractivity contribution < 1.29 is 24.2 Å². The maximum Gasteiger partial charge on any atom is 0.417 e. The number of carbonyl (C=O) groups excluding carboxylic acids is 2. The molecule has 2 atom stereocenters. The average Bonchev–Trinajstić information content (AvgIpc) is 3.43. The Morgan fingerprint density at radius 1 is 1.21 bits per heavy atom. The van der Waals surface area contributed by atoms with Crippen molar-refractivity contribution in [2.75, 3.05) is 0 Å². The summed E-state index contributed by atoms with van der Waals surface area (Å²) in [5.41, 5.74) is 8.40. The van der Waals surface area contributed by atoms with Gasteiger partial charge in [0.25, 0.3) is 0 Å². The number of aromatic amines is 1. The lowest BCUT2D eigenvalue weighted by atomic mass is 9.98. The van der Waals surface area contributed by atoms with Gasteiger partial charge >= 0.3 is 12.1 Å². The van der Waals surface area contributed by atoms with Crippen molar-refractivity contribution in [3.8, 4) is 0 Å². The lowest BCUT2D eigenvalue weighted by Crippen LogP contribution is -2.50. The third-order valence-corrected chi connectivity index (χ3v) is 7.42. The van der Waals surface area contributed by atoms with Crippen LogP contribution in [-0.2, 0) is 23.0 Å². The molecule has 0 radical (unpaired) electrons. The van der Waals surface area contributed by atoms with E-state index in [2.05, 4.69) is 9.97 Å². The summed E-state index contributed by atoms with van der Waals surface area (Å²) >= 11 is 0. The molecule has 0 saturated heterocycles. The molecular formula is C29H39N5O5. The highest BCUT2D eigenvalue weighted by molar-refractivity contribution is 5.96. The molecule has 1 fully saturated rings. The summed E-state index contributed by atoms with van der Waals surface area (Å²) < 4.78 is 7.88. The zero-order valence-corrected chi connectivity index (χ0v) is 23.1. The van der Waals surface area contributed by atoms with E-state index in [-0.39, 0.29) is 30.0 Å². The molecule has 1 aliphatic carbocycles. The lowest BCUT2D eigenvalue weighted by Gasteiger charge is -2.32. The van der Waals surface area contributed by atoms with E-state index in [9.17, 15) is 19.5 Å². The summed E-state index contributed by atoms with van der Waals surface area (Å²) in [6.07, 6.45) is 5.95. The van der Waals surface area contributed by atoms with Crippen molar-refractivity contribution in [2.45, 2.75) is 83.9 Å². The number of ether oxygens (including phenoxy) is 1. The van der Waals surface area contributed by atoms with Gasteiger partial charge in [0, 0.05) is 36.3 Å². The van der Waals surface area contributed by atoms with E-state index >= 15 is 0 Å². The number of aromatic nitrogens is 3. The number of nitrogens with two attached hydrogens (primary N) is 1. The number of carboxylic acid groups (broad SMARTS) is 1. The molecule has 4 N–H and O–H groups in total. The number of imide groups is 1. The molecule has 39 heavy (non-hydrogen) atoms. The largest absolute Gasteiger partial charge is 0.476 e. The van der Waals surface area contributed by atoms with Crippen LogP contribution >= 0.6 is 0 Å². The first-order chi connectivity index (χ1) is 18.6. The molecule has 1 aromatic carbocycles. The standard InChI is InChI=1S/C29H39N5O5/c1-17(2)14-22(30)27(35)34(29(38)39-20-10-6-5-7-11-20)24(26-31-18(3)25(32-26)28(36)37)15-19-16-33(4)23-13-9-8-12-21(19)23/h8-9,12-13,16-17,20,22,24H,5-7,10-11,14-15,30H2,1-4H3,(H,31,32)(H,36,37)/t22-,24+/m0/s1. The molecule has 1 aliphatic rings.